The third-order valence-corrected chi connectivity index (χ3v) is 3.75. The van der Waals surface area contributed by atoms with Crippen LogP contribution in [0.1, 0.15) is 31.9 Å². The Hall–Kier alpha value is -1.56. The van der Waals surface area contributed by atoms with E-state index in [-0.39, 0.29) is 24.1 Å². The fraction of sp³-hybridized carbons (Fsp3) is 0.667. The van der Waals surface area contributed by atoms with Gasteiger partial charge in [-0.05, 0) is 18.9 Å². The number of urea groups is 1. The molecular formula is C12H20N4O2. The summed E-state index contributed by atoms with van der Waals surface area (Å²) in [4.78, 5) is 11.8. The number of carbonyl (C=O) groups is 1. The van der Waals surface area contributed by atoms with Crippen LogP contribution in [0, 0.1) is 5.41 Å². The number of hydrogen-bond acceptors (Lipinski definition) is 3. The van der Waals surface area contributed by atoms with E-state index in [1.165, 1.54) is 0 Å². The summed E-state index contributed by atoms with van der Waals surface area (Å²) in [7, 11) is 0. The maximum Gasteiger partial charge on any atom is 0.315 e. The summed E-state index contributed by atoms with van der Waals surface area (Å²) in [5.74, 6) is 0. The lowest BCUT2D eigenvalue weighted by molar-refractivity contribution is 0.121. The smallest absolute Gasteiger partial charge is 0.315 e. The molecule has 100 valence electrons. The zero-order chi connectivity index (χ0) is 13.0. The lowest BCUT2D eigenvalue weighted by Gasteiger charge is -2.30. The highest BCUT2D eigenvalue weighted by atomic mass is 16.3. The Morgan fingerprint density at radius 1 is 1.72 bits per heavy atom. The summed E-state index contributed by atoms with van der Waals surface area (Å²) < 4.78 is 0. The molecule has 6 nitrogen and oxygen atoms in total. The largest absolute Gasteiger partial charge is 0.396 e. The summed E-state index contributed by atoms with van der Waals surface area (Å²) in [6.07, 6.45) is 4.57. The summed E-state index contributed by atoms with van der Waals surface area (Å²) in [5.41, 5.74) is 0.673. The molecule has 0 aromatic carbocycles. The molecular weight excluding hydrogens is 232 g/mol. The molecule has 1 heterocycles. The molecule has 0 bridgehead atoms. The SMILES string of the molecule is CC1(CO)CCCC1NC(=O)NCc1ccn[nH]1. The molecule has 2 rings (SSSR count). The van der Waals surface area contributed by atoms with Crippen molar-refractivity contribution in [1.82, 2.24) is 20.8 Å². The predicted octanol–water partition coefficient (Wildman–Crippen LogP) is 0.760. The summed E-state index contributed by atoms with van der Waals surface area (Å²) in [6, 6.07) is 1.66. The van der Waals surface area contributed by atoms with Crippen molar-refractivity contribution in [2.75, 3.05) is 6.61 Å². The van der Waals surface area contributed by atoms with Gasteiger partial charge in [0.1, 0.15) is 0 Å². The summed E-state index contributed by atoms with van der Waals surface area (Å²) in [5, 5.41) is 21.7. The van der Waals surface area contributed by atoms with Crippen LogP contribution in [0.4, 0.5) is 4.79 Å². The monoisotopic (exact) mass is 252 g/mol. The number of aliphatic hydroxyl groups excluding tert-OH is 1. The average molecular weight is 252 g/mol. The van der Waals surface area contributed by atoms with Crippen LogP contribution in [-0.2, 0) is 6.54 Å². The molecule has 1 saturated carbocycles. The van der Waals surface area contributed by atoms with Gasteiger partial charge < -0.3 is 15.7 Å². The molecule has 0 spiro atoms. The van der Waals surface area contributed by atoms with Crippen molar-refractivity contribution in [2.45, 2.75) is 38.8 Å². The Morgan fingerprint density at radius 2 is 2.56 bits per heavy atom. The molecule has 1 fully saturated rings. The number of nitrogens with zero attached hydrogens (tertiary/aromatic N) is 1. The molecule has 1 aliphatic rings. The molecule has 0 saturated heterocycles. The minimum Gasteiger partial charge on any atom is -0.396 e. The first-order chi connectivity index (χ1) is 8.64. The number of aromatic nitrogens is 2. The van der Waals surface area contributed by atoms with E-state index in [0.717, 1.165) is 25.0 Å². The zero-order valence-corrected chi connectivity index (χ0v) is 10.6. The highest BCUT2D eigenvalue weighted by Gasteiger charge is 2.38. The normalized spacial score (nSPS) is 27.1. The van der Waals surface area contributed by atoms with E-state index in [1.807, 2.05) is 13.0 Å². The fourth-order valence-electron chi connectivity index (χ4n) is 2.44. The van der Waals surface area contributed by atoms with Gasteiger partial charge in [0.05, 0.1) is 18.8 Å². The number of amides is 2. The number of hydrogen-bond donors (Lipinski definition) is 4. The maximum absolute atomic E-state index is 11.8. The first-order valence-corrected chi connectivity index (χ1v) is 6.27. The summed E-state index contributed by atoms with van der Waals surface area (Å²) in [6.45, 7) is 2.55. The number of carbonyl (C=O) groups excluding carboxylic acids is 1. The van der Waals surface area contributed by atoms with Gasteiger partial charge in [0.2, 0.25) is 0 Å². The van der Waals surface area contributed by atoms with E-state index in [4.69, 9.17) is 0 Å². The molecule has 0 aliphatic heterocycles. The van der Waals surface area contributed by atoms with E-state index >= 15 is 0 Å². The average Bonchev–Trinajstić information content (AvgIpc) is 2.98. The Labute approximate surface area is 106 Å². The molecule has 6 heteroatoms. The molecule has 0 radical (unpaired) electrons. The van der Waals surface area contributed by atoms with Crippen LogP contribution in [0.2, 0.25) is 0 Å². The molecule has 2 atom stereocenters. The second-order valence-electron chi connectivity index (χ2n) is 5.17. The summed E-state index contributed by atoms with van der Waals surface area (Å²) >= 11 is 0. The van der Waals surface area contributed by atoms with Gasteiger partial charge >= 0.3 is 6.03 Å². The van der Waals surface area contributed by atoms with E-state index < -0.39 is 0 Å². The number of aromatic amines is 1. The highest BCUT2D eigenvalue weighted by molar-refractivity contribution is 5.74. The quantitative estimate of drug-likeness (QED) is 0.637. The van der Waals surface area contributed by atoms with Crippen LogP contribution in [0.25, 0.3) is 0 Å². The number of rotatable bonds is 4. The van der Waals surface area contributed by atoms with Crippen molar-refractivity contribution in [3.63, 3.8) is 0 Å². The van der Waals surface area contributed by atoms with Crippen molar-refractivity contribution in [3.8, 4) is 0 Å². The lowest BCUT2D eigenvalue weighted by Crippen LogP contribution is -2.48. The Bertz CT molecular complexity index is 393. The number of H-pyrrole nitrogens is 1. The van der Waals surface area contributed by atoms with Gasteiger partial charge in [-0.25, -0.2) is 4.79 Å². The highest BCUT2D eigenvalue weighted by Crippen LogP contribution is 2.37. The van der Waals surface area contributed by atoms with Crippen molar-refractivity contribution in [2.24, 2.45) is 5.41 Å². The van der Waals surface area contributed by atoms with Crippen LogP contribution in [0.5, 0.6) is 0 Å². The Kier molecular flexibility index (Phi) is 3.86. The topological polar surface area (TPSA) is 90.0 Å². The Morgan fingerprint density at radius 3 is 3.22 bits per heavy atom. The molecule has 1 aromatic heterocycles. The van der Waals surface area contributed by atoms with Gasteiger partial charge in [0.25, 0.3) is 0 Å². The minimum atomic E-state index is -0.198. The lowest BCUT2D eigenvalue weighted by atomic mass is 9.86. The van der Waals surface area contributed by atoms with Crippen LogP contribution in [-0.4, -0.2) is 34.0 Å². The van der Waals surface area contributed by atoms with E-state index in [1.54, 1.807) is 6.20 Å². The van der Waals surface area contributed by atoms with Gasteiger partial charge in [-0.3, -0.25) is 5.10 Å². The Balaban J connectivity index is 1.80. The molecule has 1 aromatic rings. The maximum atomic E-state index is 11.8. The minimum absolute atomic E-state index is 0.0456. The van der Waals surface area contributed by atoms with Gasteiger partial charge in [0.15, 0.2) is 0 Å². The zero-order valence-electron chi connectivity index (χ0n) is 10.6. The standard InChI is InChI=1S/C12H20N4O2/c1-12(8-17)5-2-3-10(12)15-11(18)13-7-9-4-6-14-16-9/h4,6,10,17H,2-3,5,7-8H2,1H3,(H,14,16)(H2,13,15,18). The molecule has 2 unspecified atom stereocenters. The van der Waals surface area contributed by atoms with Crippen molar-refractivity contribution < 1.29 is 9.90 Å². The van der Waals surface area contributed by atoms with Gasteiger partial charge in [0, 0.05) is 17.7 Å². The molecule has 4 N–H and O–H groups in total. The first-order valence-electron chi connectivity index (χ1n) is 6.27. The van der Waals surface area contributed by atoms with Gasteiger partial charge in [-0.1, -0.05) is 13.3 Å². The second-order valence-corrected chi connectivity index (χ2v) is 5.17. The van der Waals surface area contributed by atoms with Crippen LogP contribution in [0.3, 0.4) is 0 Å². The van der Waals surface area contributed by atoms with E-state index in [9.17, 15) is 9.90 Å². The second kappa shape index (κ2) is 5.39. The van der Waals surface area contributed by atoms with Crippen LogP contribution in [0.15, 0.2) is 12.3 Å². The third kappa shape index (κ3) is 2.81. The predicted molar refractivity (Wildman–Crippen MR) is 66.8 cm³/mol. The van der Waals surface area contributed by atoms with Gasteiger partial charge in [-0.2, -0.15) is 5.10 Å². The van der Waals surface area contributed by atoms with Crippen molar-refractivity contribution in [3.05, 3.63) is 18.0 Å². The number of nitrogens with one attached hydrogen (secondary N) is 3. The molecule has 1 aliphatic carbocycles. The van der Waals surface area contributed by atoms with Gasteiger partial charge in [-0.15, -0.1) is 0 Å². The van der Waals surface area contributed by atoms with Crippen molar-refractivity contribution >= 4 is 6.03 Å². The molecule has 2 amide bonds. The van der Waals surface area contributed by atoms with Crippen molar-refractivity contribution in [1.29, 1.82) is 0 Å². The van der Waals surface area contributed by atoms with Crippen LogP contribution >= 0.6 is 0 Å². The number of aliphatic hydroxyl groups is 1. The third-order valence-electron chi connectivity index (χ3n) is 3.75. The van der Waals surface area contributed by atoms with Crippen LogP contribution < -0.4 is 10.6 Å². The molecule has 18 heavy (non-hydrogen) atoms. The first kappa shape index (κ1) is 12.9. The fourth-order valence-corrected chi connectivity index (χ4v) is 2.44. The van der Waals surface area contributed by atoms with E-state index in [2.05, 4.69) is 20.8 Å². The van der Waals surface area contributed by atoms with E-state index in [0.29, 0.717) is 6.54 Å².